The van der Waals surface area contributed by atoms with Crippen LogP contribution in [0.3, 0.4) is 0 Å². The van der Waals surface area contributed by atoms with Gasteiger partial charge in [0, 0.05) is 38.3 Å². The molecule has 4 heteroatoms. The van der Waals surface area contributed by atoms with E-state index >= 15 is 0 Å². The van der Waals surface area contributed by atoms with Gasteiger partial charge in [-0.2, -0.15) is 0 Å². The number of hydrogen-bond donors (Lipinski definition) is 1. The summed E-state index contributed by atoms with van der Waals surface area (Å²) in [5.74, 6) is 0.148. The van der Waals surface area contributed by atoms with E-state index in [1.807, 2.05) is 0 Å². The first-order chi connectivity index (χ1) is 11.0. The van der Waals surface area contributed by atoms with Crippen LogP contribution in [-0.2, 0) is 11.2 Å². The molecule has 1 fully saturated rings. The van der Waals surface area contributed by atoms with Gasteiger partial charge in [-0.05, 0) is 32.3 Å². The fourth-order valence-corrected chi connectivity index (χ4v) is 2.81. The fraction of sp³-hybridized carbons (Fsp3) is 0.632. The van der Waals surface area contributed by atoms with E-state index in [9.17, 15) is 4.79 Å². The molecule has 1 aromatic carbocycles. The van der Waals surface area contributed by atoms with Crippen LogP contribution in [0.1, 0.15) is 32.8 Å². The molecule has 0 aromatic heterocycles. The predicted molar refractivity (Wildman–Crippen MR) is 95.5 cm³/mol. The van der Waals surface area contributed by atoms with Crippen LogP contribution in [-0.4, -0.2) is 60.5 Å². The van der Waals surface area contributed by atoms with Crippen molar-refractivity contribution >= 4 is 5.91 Å². The summed E-state index contributed by atoms with van der Waals surface area (Å²) in [6.07, 6.45) is 2.05. The lowest BCUT2D eigenvalue weighted by atomic mass is 10.0. The van der Waals surface area contributed by atoms with Crippen molar-refractivity contribution in [3.63, 3.8) is 0 Å². The first-order valence-corrected chi connectivity index (χ1v) is 8.78. The van der Waals surface area contributed by atoms with Crippen molar-refractivity contribution in [2.24, 2.45) is 0 Å². The van der Waals surface area contributed by atoms with Crippen molar-refractivity contribution in [1.82, 2.24) is 15.1 Å². The monoisotopic (exact) mass is 317 g/mol. The highest BCUT2D eigenvalue weighted by molar-refractivity contribution is 5.78. The van der Waals surface area contributed by atoms with Crippen LogP contribution in [0.15, 0.2) is 30.3 Å². The van der Waals surface area contributed by atoms with Crippen molar-refractivity contribution in [3.05, 3.63) is 35.9 Å². The van der Waals surface area contributed by atoms with E-state index in [0.29, 0.717) is 6.54 Å². The zero-order valence-corrected chi connectivity index (χ0v) is 14.8. The van der Waals surface area contributed by atoms with Gasteiger partial charge in [-0.15, -0.1) is 0 Å². The minimum absolute atomic E-state index is 0.103. The number of hydrogen-bond acceptors (Lipinski definition) is 3. The van der Waals surface area contributed by atoms with E-state index in [4.69, 9.17) is 0 Å². The summed E-state index contributed by atoms with van der Waals surface area (Å²) in [6, 6.07) is 10.6. The lowest BCUT2D eigenvalue weighted by Crippen LogP contribution is -2.52. The molecule has 23 heavy (non-hydrogen) atoms. The summed E-state index contributed by atoms with van der Waals surface area (Å²) in [6.45, 7) is 11.9. The predicted octanol–water partition coefficient (Wildman–Crippen LogP) is 2.15. The van der Waals surface area contributed by atoms with Crippen LogP contribution in [0, 0.1) is 0 Å². The van der Waals surface area contributed by atoms with E-state index in [0.717, 1.165) is 45.6 Å². The molecule has 0 aliphatic carbocycles. The van der Waals surface area contributed by atoms with Gasteiger partial charge in [0.25, 0.3) is 0 Å². The van der Waals surface area contributed by atoms with Crippen molar-refractivity contribution < 1.29 is 4.79 Å². The SMILES string of the molecule is CCC(C)(C)NC(=O)CN1CCN(CCc2ccccc2)CC1. The van der Waals surface area contributed by atoms with E-state index in [2.05, 4.69) is 66.2 Å². The first-order valence-electron chi connectivity index (χ1n) is 8.78. The van der Waals surface area contributed by atoms with Crippen LogP contribution in [0.2, 0.25) is 0 Å². The number of benzene rings is 1. The average Bonchev–Trinajstić information content (AvgIpc) is 2.54. The van der Waals surface area contributed by atoms with Crippen molar-refractivity contribution in [3.8, 4) is 0 Å². The molecule has 1 amide bonds. The second-order valence-electron chi connectivity index (χ2n) is 7.14. The maximum Gasteiger partial charge on any atom is 0.234 e. The number of nitrogens with zero attached hydrogens (tertiary/aromatic N) is 2. The van der Waals surface area contributed by atoms with Gasteiger partial charge in [0.05, 0.1) is 6.54 Å². The van der Waals surface area contributed by atoms with Gasteiger partial charge in [0.2, 0.25) is 5.91 Å². The number of rotatable bonds is 7. The third kappa shape index (κ3) is 6.32. The fourth-order valence-electron chi connectivity index (χ4n) is 2.81. The van der Waals surface area contributed by atoms with Crippen LogP contribution in [0.5, 0.6) is 0 Å². The zero-order valence-electron chi connectivity index (χ0n) is 14.8. The summed E-state index contributed by atoms with van der Waals surface area (Å²) in [7, 11) is 0. The number of amides is 1. The largest absolute Gasteiger partial charge is 0.350 e. The highest BCUT2D eigenvalue weighted by Gasteiger charge is 2.22. The molecule has 1 aliphatic heterocycles. The molecule has 1 heterocycles. The molecule has 2 rings (SSSR count). The maximum absolute atomic E-state index is 12.1. The number of carbonyl (C=O) groups excluding carboxylic acids is 1. The molecule has 0 radical (unpaired) electrons. The Balaban J connectivity index is 1.66. The number of carbonyl (C=O) groups is 1. The van der Waals surface area contributed by atoms with Gasteiger partial charge >= 0.3 is 0 Å². The Morgan fingerprint density at radius 3 is 2.30 bits per heavy atom. The average molecular weight is 317 g/mol. The van der Waals surface area contributed by atoms with Crippen LogP contribution >= 0.6 is 0 Å². The molecule has 0 unspecified atom stereocenters. The highest BCUT2D eigenvalue weighted by atomic mass is 16.2. The lowest BCUT2D eigenvalue weighted by Gasteiger charge is -2.35. The van der Waals surface area contributed by atoms with Crippen molar-refractivity contribution in [2.45, 2.75) is 39.2 Å². The Morgan fingerprint density at radius 1 is 1.09 bits per heavy atom. The van der Waals surface area contributed by atoms with Crippen LogP contribution in [0.4, 0.5) is 0 Å². The molecule has 0 saturated carbocycles. The molecule has 4 nitrogen and oxygen atoms in total. The smallest absolute Gasteiger partial charge is 0.234 e. The minimum atomic E-state index is -0.103. The minimum Gasteiger partial charge on any atom is -0.350 e. The molecule has 1 N–H and O–H groups in total. The second-order valence-corrected chi connectivity index (χ2v) is 7.14. The van der Waals surface area contributed by atoms with E-state index in [1.165, 1.54) is 5.56 Å². The summed E-state index contributed by atoms with van der Waals surface area (Å²) in [4.78, 5) is 16.9. The van der Waals surface area contributed by atoms with Crippen molar-refractivity contribution in [2.75, 3.05) is 39.3 Å². The molecule has 1 aromatic rings. The molecule has 128 valence electrons. The Labute approximate surface area is 140 Å². The molecular weight excluding hydrogens is 286 g/mol. The van der Waals surface area contributed by atoms with Gasteiger partial charge in [-0.3, -0.25) is 9.69 Å². The Kier molecular flexibility index (Phi) is 6.60. The van der Waals surface area contributed by atoms with E-state index < -0.39 is 0 Å². The van der Waals surface area contributed by atoms with Crippen molar-refractivity contribution in [1.29, 1.82) is 0 Å². The number of piperazine rings is 1. The molecule has 0 bridgehead atoms. The lowest BCUT2D eigenvalue weighted by molar-refractivity contribution is -0.124. The topological polar surface area (TPSA) is 35.6 Å². The maximum atomic E-state index is 12.1. The number of nitrogens with one attached hydrogen (secondary N) is 1. The van der Waals surface area contributed by atoms with Crippen LogP contribution < -0.4 is 5.32 Å². The van der Waals surface area contributed by atoms with E-state index in [-0.39, 0.29) is 11.4 Å². The molecule has 0 atom stereocenters. The molecule has 1 saturated heterocycles. The molecular formula is C19H31N3O. The van der Waals surface area contributed by atoms with Gasteiger partial charge in [-0.25, -0.2) is 0 Å². The summed E-state index contributed by atoms with van der Waals surface area (Å²) in [5, 5.41) is 3.12. The first kappa shape index (κ1) is 18.0. The summed E-state index contributed by atoms with van der Waals surface area (Å²) >= 11 is 0. The third-order valence-electron chi connectivity index (χ3n) is 4.75. The standard InChI is InChI=1S/C19H31N3O/c1-4-19(2,3)20-18(23)16-22-14-12-21(13-15-22)11-10-17-8-6-5-7-9-17/h5-9H,4,10-16H2,1-3H3,(H,20,23). The molecule has 0 spiro atoms. The van der Waals surface area contributed by atoms with E-state index in [1.54, 1.807) is 0 Å². The normalized spacial score (nSPS) is 17.2. The summed E-state index contributed by atoms with van der Waals surface area (Å²) in [5.41, 5.74) is 1.30. The Hall–Kier alpha value is -1.39. The third-order valence-corrected chi connectivity index (χ3v) is 4.75. The second kappa shape index (κ2) is 8.46. The van der Waals surface area contributed by atoms with Gasteiger partial charge in [0.15, 0.2) is 0 Å². The quantitative estimate of drug-likeness (QED) is 0.837. The zero-order chi connectivity index (χ0) is 16.7. The Bertz CT molecular complexity index is 479. The van der Waals surface area contributed by atoms with Crippen LogP contribution in [0.25, 0.3) is 0 Å². The van der Waals surface area contributed by atoms with Gasteiger partial charge in [0.1, 0.15) is 0 Å². The van der Waals surface area contributed by atoms with Gasteiger partial charge < -0.3 is 10.2 Å². The molecule has 1 aliphatic rings. The van der Waals surface area contributed by atoms with Gasteiger partial charge in [-0.1, -0.05) is 37.3 Å². The highest BCUT2D eigenvalue weighted by Crippen LogP contribution is 2.08. The Morgan fingerprint density at radius 2 is 1.70 bits per heavy atom. The summed E-state index contributed by atoms with van der Waals surface area (Å²) < 4.78 is 0.